The predicted octanol–water partition coefficient (Wildman–Crippen LogP) is 2.16. The Labute approximate surface area is 148 Å². The van der Waals surface area contributed by atoms with Crippen molar-refractivity contribution in [2.45, 2.75) is 45.1 Å². The highest BCUT2D eigenvalue weighted by Crippen LogP contribution is 2.23. The summed E-state index contributed by atoms with van der Waals surface area (Å²) >= 11 is 0. The summed E-state index contributed by atoms with van der Waals surface area (Å²) in [5.41, 5.74) is 0.564. The third kappa shape index (κ3) is 6.52. The van der Waals surface area contributed by atoms with Gasteiger partial charge >= 0.3 is 5.97 Å². The minimum atomic E-state index is -0.439. The molecule has 1 aliphatic rings. The molecule has 1 amide bonds. The van der Waals surface area contributed by atoms with Crippen LogP contribution in [0.2, 0.25) is 0 Å². The third-order valence-electron chi connectivity index (χ3n) is 4.22. The second-order valence-corrected chi connectivity index (χ2v) is 6.31. The first kappa shape index (κ1) is 18.9. The molecule has 1 fully saturated rings. The molecule has 136 valence electrons. The lowest BCUT2D eigenvalue weighted by Gasteiger charge is -2.22. The van der Waals surface area contributed by atoms with Gasteiger partial charge in [0.05, 0.1) is 25.2 Å². The molecule has 2 rings (SSSR count). The van der Waals surface area contributed by atoms with Crippen LogP contribution in [-0.2, 0) is 14.3 Å². The summed E-state index contributed by atoms with van der Waals surface area (Å²) in [6.45, 7) is 2.52. The summed E-state index contributed by atoms with van der Waals surface area (Å²) in [4.78, 5) is 31.6. The van der Waals surface area contributed by atoms with Crippen molar-refractivity contribution in [2.24, 2.45) is 5.92 Å². The number of aromatic nitrogens is 2. The van der Waals surface area contributed by atoms with E-state index in [9.17, 15) is 9.59 Å². The van der Waals surface area contributed by atoms with Crippen molar-refractivity contribution in [3.63, 3.8) is 0 Å². The maximum Gasteiger partial charge on any atom is 0.330 e. The topological polar surface area (TPSA) is 93.2 Å². The fourth-order valence-corrected chi connectivity index (χ4v) is 2.79. The van der Waals surface area contributed by atoms with Gasteiger partial charge in [-0.3, -0.25) is 9.78 Å². The van der Waals surface area contributed by atoms with Gasteiger partial charge in [-0.1, -0.05) is 19.3 Å². The number of carbonyl (C=O) groups excluding carboxylic acids is 2. The number of amides is 1. The van der Waals surface area contributed by atoms with Gasteiger partial charge in [0, 0.05) is 24.6 Å². The molecule has 0 saturated heterocycles. The first-order valence-electron chi connectivity index (χ1n) is 8.71. The van der Waals surface area contributed by atoms with Crippen molar-refractivity contribution in [3.05, 3.63) is 24.2 Å². The normalized spacial score (nSPS) is 16.4. The summed E-state index contributed by atoms with van der Waals surface area (Å²) in [7, 11) is 1.32. The first-order valence-corrected chi connectivity index (χ1v) is 8.71. The average molecular weight is 346 g/mol. The van der Waals surface area contributed by atoms with Crippen molar-refractivity contribution in [1.29, 1.82) is 0 Å². The van der Waals surface area contributed by atoms with Crippen LogP contribution in [0.4, 0.5) is 5.82 Å². The van der Waals surface area contributed by atoms with Crippen LogP contribution in [0.3, 0.4) is 0 Å². The number of anilines is 1. The Bertz CT molecular complexity index is 595. The fourth-order valence-electron chi connectivity index (χ4n) is 2.79. The van der Waals surface area contributed by atoms with E-state index in [1.165, 1.54) is 25.7 Å². The molecule has 1 aromatic rings. The Hall–Kier alpha value is -2.44. The molecule has 7 nitrogen and oxygen atoms in total. The number of hydrogen-bond donors (Lipinski definition) is 2. The van der Waals surface area contributed by atoms with Gasteiger partial charge < -0.3 is 15.4 Å². The van der Waals surface area contributed by atoms with Crippen molar-refractivity contribution in [3.8, 4) is 0 Å². The number of nitrogens with zero attached hydrogens (tertiary/aromatic N) is 2. The molecule has 1 saturated carbocycles. The molecule has 0 unspecified atom stereocenters. The summed E-state index contributed by atoms with van der Waals surface area (Å²) in [6.07, 6.45) is 11.5. The lowest BCUT2D eigenvalue weighted by molar-refractivity contribution is -0.134. The molecular formula is C18H26N4O3. The molecule has 1 heterocycles. The minimum Gasteiger partial charge on any atom is -0.466 e. The molecule has 0 aromatic carbocycles. The largest absolute Gasteiger partial charge is 0.466 e. The number of methoxy groups -OCH3 is 1. The highest BCUT2D eigenvalue weighted by Gasteiger charge is 2.21. The fraction of sp³-hybridized carbons (Fsp3) is 0.556. The molecule has 0 bridgehead atoms. The zero-order chi connectivity index (χ0) is 18.1. The molecule has 1 aromatic heterocycles. The van der Waals surface area contributed by atoms with E-state index in [1.54, 1.807) is 12.4 Å². The highest BCUT2D eigenvalue weighted by molar-refractivity contribution is 5.86. The van der Waals surface area contributed by atoms with E-state index in [0.29, 0.717) is 18.1 Å². The quantitative estimate of drug-likeness (QED) is 0.580. The summed E-state index contributed by atoms with van der Waals surface area (Å²) in [6, 6.07) is 0.0401. The van der Waals surface area contributed by atoms with E-state index in [0.717, 1.165) is 25.7 Å². The molecule has 0 aliphatic heterocycles. The Balaban J connectivity index is 1.76. The Morgan fingerprint density at radius 3 is 2.68 bits per heavy atom. The van der Waals surface area contributed by atoms with Gasteiger partial charge in [-0.05, 0) is 25.8 Å². The number of rotatable bonds is 7. The van der Waals surface area contributed by atoms with Gasteiger partial charge in [0.15, 0.2) is 0 Å². The first-order chi connectivity index (χ1) is 12.1. The van der Waals surface area contributed by atoms with Crippen molar-refractivity contribution < 1.29 is 14.3 Å². The van der Waals surface area contributed by atoms with E-state index in [-0.39, 0.29) is 17.9 Å². The van der Waals surface area contributed by atoms with E-state index in [1.807, 2.05) is 6.92 Å². The molecule has 7 heteroatoms. The van der Waals surface area contributed by atoms with Crippen LogP contribution >= 0.6 is 0 Å². The maximum atomic E-state index is 12.1. The van der Waals surface area contributed by atoms with Crippen molar-refractivity contribution in [2.75, 3.05) is 19.0 Å². The lowest BCUT2D eigenvalue weighted by Crippen LogP contribution is -2.38. The molecule has 25 heavy (non-hydrogen) atoms. The van der Waals surface area contributed by atoms with Gasteiger partial charge in [-0.2, -0.15) is 0 Å². The van der Waals surface area contributed by atoms with Crippen LogP contribution in [0, 0.1) is 5.92 Å². The SMILES string of the molecule is COC(=O)C=Cc1cnc(N[C@H](C)CNC(=O)C2CCCCC2)cn1. The second kappa shape index (κ2) is 9.76. The summed E-state index contributed by atoms with van der Waals surface area (Å²) in [5, 5.41) is 6.21. The monoisotopic (exact) mass is 346 g/mol. The highest BCUT2D eigenvalue weighted by atomic mass is 16.5. The number of ether oxygens (including phenoxy) is 1. The van der Waals surface area contributed by atoms with Crippen LogP contribution in [-0.4, -0.2) is 41.5 Å². The lowest BCUT2D eigenvalue weighted by atomic mass is 9.88. The van der Waals surface area contributed by atoms with E-state index >= 15 is 0 Å². The zero-order valence-corrected chi connectivity index (χ0v) is 14.8. The predicted molar refractivity (Wildman–Crippen MR) is 95.8 cm³/mol. The standard InChI is InChI=1S/C18H26N4O3/c1-13(10-21-18(24)14-6-4-3-5-7-14)22-16-12-19-15(11-20-16)8-9-17(23)25-2/h8-9,11-14H,3-7,10H2,1-2H3,(H,20,22)(H,21,24)/t13-/m1/s1. The molecule has 1 atom stereocenters. The molecule has 2 N–H and O–H groups in total. The minimum absolute atomic E-state index is 0.0401. The third-order valence-corrected chi connectivity index (χ3v) is 4.22. The summed E-state index contributed by atoms with van der Waals surface area (Å²) in [5.74, 6) is 0.505. The number of nitrogens with one attached hydrogen (secondary N) is 2. The smallest absolute Gasteiger partial charge is 0.330 e. The van der Waals surface area contributed by atoms with Gasteiger partial charge in [-0.15, -0.1) is 0 Å². The molecule has 0 spiro atoms. The number of hydrogen-bond acceptors (Lipinski definition) is 6. The van der Waals surface area contributed by atoms with Gasteiger partial charge in [0.2, 0.25) is 5.91 Å². The molecular weight excluding hydrogens is 320 g/mol. The van der Waals surface area contributed by atoms with Crippen LogP contribution in [0.25, 0.3) is 6.08 Å². The number of esters is 1. The van der Waals surface area contributed by atoms with E-state index in [2.05, 4.69) is 25.3 Å². The number of carbonyl (C=O) groups is 2. The van der Waals surface area contributed by atoms with E-state index < -0.39 is 5.97 Å². The van der Waals surface area contributed by atoms with Crippen molar-refractivity contribution in [1.82, 2.24) is 15.3 Å². The second-order valence-electron chi connectivity index (χ2n) is 6.31. The summed E-state index contributed by atoms with van der Waals surface area (Å²) < 4.78 is 4.52. The molecule has 0 radical (unpaired) electrons. The van der Waals surface area contributed by atoms with Gasteiger partial charge in [0.25, 0.3) is 0 Å². The van der Waals surface area contributed by atoms with Crippen molar-refractivity contribution >= 4 is 23.8 Å². The van der Waals surface area contributed by atoms with Gasteiger partial charge in [0.1, 0.15) is 5.82 Å². The Morgan fingerprint density at radius 2 is 2.04 bits per heavy atom. The Morgan fingerprint density at radius 1 is 1.28 bits per heavy atom. The Kier molecular flexibility index (Phi) is 7.37. The van der Waals surface area contributed by atoms with Crippen LogP contribution < -0.4 is 10.6 Å². The van der Waals surface area contributed by atoms with Crippen LogP contribution in [0.15, 0.2) is 18.5 Å². The average Bonchev–Trinajstić information content (AvgIpc) is 2.66. The van der Waals surface area contributed by atoms with Crippen LogP contribution in [0.5, 0.6) is 0 Å². The van der Waals surface area contributed by atoms with Crippen LogP contribution in [0.1, 0.15) is 44.7 Å². The zero-order valence-electron chi connectivity index (χ0n) is 14.8. The van der Waals surface area contributed by atoms with Gasteiger partial charge in [-0.25, -0.2) is 9.78 Å². The van der Waals surface area contributed by atoms with E-state index in [4.69, 9.17) is 0 Å². The molecule has 1 aliphatic carbocycles. The maximum absolute atomic E-state index is 12.1.